The van der Waals surface area contributed by atoms with Crippen molar-refractivity contribution >= 4 is 16.8 Å². The number of nitrogens with one attached hydrogen (secondary N) is 1. The summed E-state index contributed by atoms with van der Waals surface area (Å²) in [4.78, 5) is 34.5. The summed E-state index contributed by atoms with van der Waals surface area (Å²) in [7, 11) is 0. The van der Waals surface area contributed by atoms with Gasteiger partial charge in [-0.2, -0.15) is 0 Å². The zero-order valence-electron chi connectivity index (χ0n) is 16.3. The van der Waals surface area contributed by atoms with Crippen LogP contribution in [0.15, 0.2) is 53.3 Å². The molecule has 29 heavy (non-hydrogen) atoms. The Morgan fingerprint density at radius 1 is 1.17 bits per heavy atom. The van der Waals surface area contributed by atoms with E-state index in [1.807, 2.05) is 24.3 Å². The van der Waals surface area contributed by atoms with Gasteiger partial charge >= 0.3 is 0 Å². The molecule has 3 aromatic rings. The van der Waals surface area contributed by atoms with Crippen LogP contribution in [0.3, 0.4) is 0 Å². The summed E-state index contributed by atoms with van der Waals surface area (Å²) in [5.41, 5.74) is 0.403. The Labute approximate surface area is 168 Å². The van der Waals surface area contributed by atoms with E-state index in [2.05, 4.69) is 16.9 Å². The van der Waals surface area contributed by atoms with Crippen molar-refractivity contribution in [3.8, 4) is 11.5 Å². The minimum atomic E-state index is -0.728. The van der Waals surface area contributed by atoms with Crippen LogP contribution in [0.25, 0.3) is 10.9 Å². The molecule has 1 atom stereocenters. The highest BCUT2D eigenvalue weighted by Gasteiger charge is 2.31. The summed E-state index contributed by atoms with van der Waals surface area (Å²) in [6.07, 6.45) is 1.05. The monoisotopic (exact) mass is 393 g/mol. The fourth-order valence-corrected chi connectivity index (χ4v) is 3.35. The van der Waals surface area contributed by atoms with Gasteiger partial charge in [0.15, 0.2) is 11.5 Å². The third-order valence-corrected chi connectivity index (χ3v) is 4.88. The third kappa shape index (κ3) is 4.08. The number of ether oxygens (including phenoxy) is 2. The Morgan fingerprint density at radius 3 is 2.76 bits per heavy atom. The van der Waals surface area contributed by atoms with Gasteiger partial charge in [-0.15, -0.1) is 0 Å². The molecule has 2 heterocycles. The molecule has 7 nitrogen and oxygen atoms in total. The van der Waals surface area contributed by atoms with E-state index in [0.717, 1.165) is 12.8 Å². The summed E-state index contributed by atoms with van der Waals surface area (Å²) in [6, 6.07) is 14.5. The maximum absolute atomic E-state index is 13.2. The van der Waals surface area contributed by atoms with Crippen LogP contribution in [0.2, 0.25) is 0 Å². The number of fused-ring (bicyclic) bond motifs is 2. The molecule has 0 saturated heterocycles. The van der Waals surface area contributed by atoms with Crippen LogP contribution >= 0.6 is 0 Å². The second-order valence-corrected chi connectivity index (χ2v) is 7.01. The first-order valence-corrected chi connectivity index (χ1v) is 9.81. The second kappa shape index (κ2) is 8.34. The minimum Gasteiger partial charge on any atom is -0.485 e. The predicted octanol–water partition coefficient (Wildman–Crippen LogP) is 2.89. The van der Waals surface area contributed by atoms with Gasteiger partial charge in [0.1, 0.15) is 12.4 Å². The number of unbranched alkanes of at least 4 members (excludes halogenated alkanes) is 1. The number of aromatic amines is 1. The Morgan fingerprint density at radius 2 is 1.93 bits per heavy atom. The van der Waals surface area contributed by atoms with Crippen LogP contribution in [0.4, 0.5) is 0 Å². The van der Waals surface area contributed by atoms with Crippen LogP contribution in [0, 0.1) is 0 Å². The van der Waals surface area contributed by atoms with Gasteiger partial charge in [-0.1, -0.05) is 37.6 Å². The molecule has 0 unspecified atom stereocenters. The maximum atomic E-state index is 13.2. The van der Waals surface area contributed by atoms with Crippen molar-refractivity contribution in [2.75, 3.05) is 13.2 Å². The lowest BCUT2D eigenvalue weighted by Gasteiger charge is -2.30. The molecule has 0 fully saturated rings. The van der Waals surface area contributed by atoms with Crippen molar-refractivity contribution in [1.29, 1.82) is 0 Å². The quantitative estimate of drug-likeness (QED) is 0.696. The first-order valence-electron chi connectivity index (χ1n) is 9.81. The van der Waals surface area contributed by atoms with Crippen LogP contribution in [0.1, 0.15) is 25.6 Å². The number of carbonyl (C=O) groups is 1. The second-order valence-electron chi connectivity index (χ2n) is 7.01. The summed E-state index contributed by atoms with van der Waals surface area (Å²) in [5.74, 6) is 1.47. The highest BCUT2D eigenvalue weighted by atomic mass is 16.6. The largest absolute Gasteiger partial charge is 0.485 e. The van der Waals surface area contributed by atoms with Crippen molar-refractivity contribution in [3.05, 3.63) is 64.7 Å². The Balaban J connectivity index is 1.56. The van der Waals surface area contributed by atoms with E-state index >= 15 is 0 Å². The molecule has 0 bridgehead atoms. The van der Waals surface area contributed by atoms with Crippen molar-refractivity contribution in [2.45, 2.75) is 32.4 Å². The van der Waals surface area contributed by atoms with Gasteiger partial charge in [0, 0.05) is 6.54 Å². The van der Waals surface area contributed by atoms with Gasteiger partial charge in [-0.3, -0.25) is 9.59 Å². The molecule has 1 N–H and O–H groups in total. The van der Waals surface area contributed by atoms with E-state index in [-0.39, 0.29) is 24.6 Å². The molecule has 0 saturated carbocycles. The number of hydrogen-bond donors (Lipinski definition) is 1. The van der Waals surface area contributed by atoms with Crippen LogP contribution in [0.5, 0.6) is 11.5 Å². The molecular weight excluding hydrogens is 370 g/mol. The number of H-pyrrole nitrogens is 1. The molecule has 150 valence electrons. The standard InChI is InChI=1S/C22H23N3O4/c1-2-3-12-25(13-20-23-16-9-5-4-8-15(16)21(26)24-20)22(27)19-14-28-17-10-6-7-11-18(17)29-19/h4-11,19H,2-3,12-14H2,1H3,(H,23,24,26)/t19-/m0/s1. The van der Waals surface area contributed by atoms with Crippen molar-refractivity contribution in [1.82, 2.24) is 14.9 Å². The zero-order valence-corrected chi connectivity index (χ0v) is 16.3. The van der Waals surface area contributed by atoms with Crippen molar-refractivity contribution in [2.24, 2.45) is 0 Å². The van der Waals surface area contributed by atoms with E-state index in [1.165, 1.54) is 0 Å². The molecule has 1 aromatic heterocycles. The lowest BCUT2D eigenvalue weighted by molar-refractivity contribution is -0.142. The number of aromatic nitrogens is 2. The first kappa shape index (κ1) is 19.0. The van der Waals surface area contributed by atoms with Crippen molar-refractivity contribution < 1.29 is 14.3 Å². The van der Waals surface area contributed by atoms with E-state index in [9.17, 15) is 9.59 Å². The number of carbonyl (C=O) groups excluding carboxylic acids is 1. The molecule has 1 aliphatic heterocycles. The SMILES string of the molecule is CCCCN(Cc1nc2ccccc2c(=O)[nH]1)C(=O)[C@@H]1COc2ccccc2O1. The molecule has 1 amide bonds. The first-order chi connectivity index (χ1) is 14.2. The summed E-state index contributed by atoms with van der Waals surface area (Å²) < 4.78 is 11.6. The van der Waals surface area contributed by atoms with Gasteiger partial charge in [-0.25, -0.2) is 4.98 Å². The van der Waals surface area contributed by atoms with Crippen LogP contribution in [-0.4, -0.2) is 40.0 Å². The van der Waals surface area contributed by atoms with Crippen LogP contribution < -0.4 is 15.0 Å². The Kier molecular flexibility index (Phi) is 5.46. The number of rotatable bonds is 6. The maximum Gasteiger partial charge on any atom is 0.267 e. The molecular formula is C22H23N3O4. The highest BCUT2D eigenvalue weighted by molar-refractivity contribution is 5.82. The van der Waals surface area contributed by atoms with E-state index < -0.39 is 6.10 Å². The van der Waals surface area contributed by atoms with Gasteiger partial charge in [0.2, 0.25) is 6.10 Å². The fraction of sp³-hybridized carbons (Fsp3) is 0.318. The zero-order chi connectivity index (χ0) is 20.2. The lowest BCUT2D eigenvalue weighted by Crippen LogP contribution is -2.46. The van der Waals surface area contributed by atoms with Crippen molar-refractivity contribution in [3.63, 3.8) is 0 Å². The van der Waals surface area contributed by atoms with Gasteiger partial charge in [0.05, 0.1) is 17.4 Å². The minimum absolute atomic E-state index is 0.153. The van der Waals surface area contributed by atoms with Gasteiger partial charge in [-0.05, 0) is 30.7 Å². The molecule has 1 aliphatic rings. The number of nitrogens with zero attached hydrogens (tertiary/aromatic N) is 2. The van der Waals surface area contributed by atoms with E-state index in [1.54, 1.807) is 29.2 Å². The predicted molar refractivity (Wildman–Crippen MR) is 109 cm³/mol. The van der Waals surface area contributed by atoms with E-state index in [4.69, 9.17) is 9.47 Å². The molecule has 0 spiro atoms. The number of amides is 1. The van der Waals surface area contributed by atoms with Gasteiger partial charge < -0.3 is 19.4 Å². The normalized spacial score (nSPS) is 15.3. The summed E-state index contributed by atoms with van der Waals surface area (Å²) >= 11 is 0. The third-order valence-electron chi connectivity index (χ3n) is 4.88. The van der Waals surface area contributed by atoms with Crippen LogP contribution in [-0.2, 0) is 11.3 Å². The topological polar surface area (TPSA) is 84.5 Å². The smallest absolute Gasteiger partial charge is 0.267 e. The summed E-state index contributed by atoms with van der Waals surface area (Å²) in [6.45, 7) is 2.98. The summed E-state index contributed by atoms with van der Waals surface area (Å²) in [5, 5.41) is 0.531. The molecule has 2 aromatic carbocycles. The molecule has 0 aliphatic carbocycles. The average Bonchev–Trinajstić information content (AvgIpc) is 2.76. The highest BCUT2D eigenvalue weighted by Crippen LogP contribution is 2.31. The number of benzene rings is 2. The average molecular weight is 393 g/mol. The Bertz CT molecular complexity index is 1080. The Hall–Kier alpha value is -3.35. The molecule has 0 radical (unpaired) electrons. The fourth-order valence-electron chi connectivity index (χ4n) is 3.35. The number of para-hydroxylation sites is 3. The lowest BCUT2D eigenvalue weighted by atomic mass is 10.2. The molecule has 4 rings (SSSR count). The number of hydrogen-bond acceptors (Lipinski definition) is 5. The van der Waals surface area contributed by atoms with E-state index in [0.29, 0.717) is 34.8 Å². The van der Waals surface area contributed by atoms with Gasteiger partial charge in [0.25, 0.3) is 11.5 Å². The molecule has 7 heteroatoms.